The number of pyridine rings is 2. The molecule has 0 bridgehead atoms. The molecule has 3 aromatic heterocycles. The van der Waals surface area contributed by atoms with E-state index in [2.05, 4.69) is 16.0 Å². The van der Waals surface area contributed by atoms with Crippen LogP contribution in [-0.2, 0) is 0 Å². The van der Waals surface area contributed by atoms with Crippen molar-refractivity contribution in [3.8, 4) is 17.5 Å². The molecule has 0 aliphatic rings. The van der Waals surface area contributed by atoms with Gasteiger partial charge in [-0.3, -0.25) is 9.38 Å². The predicted octanol–water partition coefficient (Wildman–Crippen LogP) is 2.27. The van der Waals surface area contributed by atoms with Crippen LogP contribution >= 0.6 is 0 Å². The number of hydrogen-bond acceptors (Lipinski definition) is 3. The second kappa shape index (κ2) is 3.72. The fourth-order valence-electron chi connectivity index (χ4n) is 1.82. The highest BCUT2D eigenvalue weighted by atomic mass is 15.0. The molecule has 0 aliphatic carbocycles. The SMILES string of the molecule is N#Cc1nc(-c2cccnc2)n2ccccc12. The highest BCUT2D eigenvalue weighted by Crippen LogP contribution is 2.21. The fraction of sp³-hybridized carbons (Fsp3) is 0. The number of nitriles is 1. The minimum Gasteiger partial charge on any atom is -0.298 e. The van der Waals surface area contributed by atoms with Gasteiger partial charge in [-0.1, -0.05) is 6.07 Å². The first-order valence-electron chi connectivity index (χ1n) is 5.18. The molecule has 3 aromatic rings. The number of aromatic nitrogens is 3. The molecule has 3 rings (SSSR count). The zero-order valence-electron chi connectivity index (χ0n) is 8.91. The monoisotopic (exact) mass is 220 g/mol. The molecule has 0 aromatic carbocycles. The second-order valence-electron chi connectivity index (χ2n) is 3.59. The summed E-state index contributed by atoms with van der Waals surface area (Å²) >= 11 is 0. The van der Waals surface area contributed by atoms with Crippen LogP contribution in [0.5, 0.6) is 0 Å². The maximum atomic E-state index is 9.05. The normalized spacial score (nSPS) is 10.3. The Kier molecular flexibility index (Phi) is 2.09. The minimum absolute atomic E-state index is 0.435. The van der Waals surface area contributed by atoms with Crippen molar-refractivity contribution in [2.75, 3.05) is 0 Å². The van der Waals surface area contributed by atoms with Gasteiger partial charge in [0.05, 0.1) is 5.52 Å². The number of nitrogens with zero attached hydrogens (tertiary/aromatic N) is 4. The van der Waals surface area contributed by atoms with Gasteiger partial charge in [0, 0.05) is 24.2 Å². The summed E-state index contributed by atoms with van der Waals surface area (Å²) in [5.74, 6) is 0.741. The lowest BCUT2D eigenvalue weighted by molar-refractivity contribution is 1.15. The molecule has 0 radical (unpaired) electrons. The molecule has 4 heteroatoms. The Morgan fingerprint density at radius 3 is 2.88 bits per heavy atom. The molecule has 0 unspecified atom stereocenters. The third-order valence-corrected chi connectivity index (χ3v) is 2.57. The standard InChI is InChI=1S/C13H8N4/c14-8-11-12-5-1-2-7-17(12)13(16-11)10-4-3-6-15-9-10/h1-7,9H. The van der Waals surface area contributed by atoms with Crippen LogP contribution in [0.25, 0.3) is 16.9 Å². The molecule has 0 saturated carbocycles. The first kappa shape index (κ1) is 9.55. The van der Waals surface area contributed by atoms with Crippen LogP contribution in [0.4, 0.5) is 0 Å². The Morgan fingerprint density at radius 2 is 2.12 bits per heavy atom. The topological polar surface area (TPSA) is 54.0 Å². The largest absolute Gasteiger partial charge is 0.298 e. The van der Waals surface area contributed by atoms with Crippen LogP contribution in [0.3, 0.4) is 0 Å². The van der Waals surface area contributed by atoms with Crippen molar-refractivity contribution in [2.45, 2.75) is 0 Å². The van der Waals surface area contributed by atoms with Crippen LogP contribution in [0, 0.1) is 11.3 Å². The summed E-state index contributed by atoms with van der Waals surface area (Å²) < 4.78 is 1.90. The minimum atomic E-state index is 0.435. The fourth-order valence-corrected chi connectivity index (χ4v) is 1.82. The van der Waals surface area contributed by atoms with Crippen molar-refractivity contribution in [3.05, 3.63) is 54.6 Å². The molecule has 0 amide bonds. The van der Waals surface area contributed by atoms with Crippen molar-refractivity contribution in [1.29, 1.82) is 5.26 Å². The van der Waals surface area contributed by atoms with E-state index in [1.165, 1.54) is 0 Å². The molecular formula is C13H8N4. The Bertz CT molecular complexity index is 707. The third kappa shape index (κ3) is 1.45. The van der Waals surface area contributed by atoms with Crippen molar-refractivity contribution < 1.29 is 0 Å². The van der Waals surface area contributed by atoms with Gasteiger partial charge < -0.3 is 0 Å². The quantitative estimate of drug-likeness (QED) is 0.632. The Labute approximate surface area is 97.8 Å². The average Bonchev–Trinajstić information content (AvgIpc) is 2.78. The molecule has 0 saturated heterocycles. The average molecular weight is 220 g/mol. The van der Waals surface area contributed by atoms with E-state index < -0.39 is 0 Å². The van der Waals surface area contributed by atoms with E-state index in [9.17, 15) is 0 Å². The summed E-state index contributed by atoms with van der Waals surface area (Å²) in [4.78, 5) is 8.41. The highest BCUT2D eigenvalue weighted by molar-refractivity contribution is 5.67. The maximum Gasteiger partial charge on any atom is 0.166 e. The molecule has 0 spiro atoms. The van der Waals surface area contributed by atoms with Crippen LogP contribution in [-0.4, -0.2) is 14.4 Å². The highest BCUT2D eigenvalue weighted by Gasteiger charge is 2.11. The molecule has 3 heterocycles. The second-order valence-corrected chi connectivity index (χ2v) is 3.59. The van der Waals surface area contributed by atoms with Crippen LogP contribution in [0.15, 0.2) is 48.9 Å². The van der Waals surface area contributed by atoms with Gasteiger partial charge in [0.25, 0.3) is 0 Å². The van der Waals surface area contributed by atoms with E-state index in [1.54, 1.807) is 12.4 Å². The van der Waals surface area contributed by atoms with Gasteiger partial charge in [0.1, 0.15) is 11.9 Å². The van der Waals surface area contributed by atoms with Crippen LogP contribution in [0.2, 0.25) is 0 Å². The summed E-state index contributed by atoms with van der Waals surface area (Å²) in [6, 6.07) is 11.6. The molecule has 0 N–H and O–H groups in total. The van der Waals surface area contributed by atoms with Crippen molar-refractivity contribution >= 4 is 5.52 Å². The van der Waals surface area contributed by atoms with Gasteiger partial charge in [0.15, 0.2) is 5.69 Å². The summed E-state index contributed by atoms with van der Waals surface area (Å²) in [6.07, 6.45) is 5.35. The number of fused-ring (bicyclic) bond motifs is 1. The summed E-state index contributed by atoms with van der Waals surface area (Å²) in [5.41, 5.74) is 2.15. The number of rotatable bonds is 1. The molecule has 0 aliphatic heterocycles. The summed E-state index contributed by atoms with van der Waals surface area (Å²) in [7, 11) is 0. The lowest BCUT2D eigenvalue weighted by Gasteiger charge is -1.99. The van der Waals surface area contributed by atoms with Crippen LogP contribution < -0.4 is 0 Å². The zero-order valence-corrected chi connectivity index (χ0v) is 8.91. The van der Waals surface area contributed by atoms with E-state index in [1.807, 2.05) is 40.9 Å². The van der Waals surface area contributed by atoms with E-state index in [0.717, 1.165) is 16.9 Å². The third-order valence-electron chi connectivity index (χ3n) is 2.57. The summed E-state index contributed by atoms with van der Waals surface area (Å²) in [6.45, 7) is 0. The first-order valence-corrected chi connectivity index (χ1v) is 5.18. The maximum absolute atomic E-state index is 9.05. The van der Waals surface area contributed by atoms with Crippen LogP contribution in [0.1, 0.15) is 5.69 Å². The molecule has 80 valence electrons. The predicted molar refractivity (Wildman–Crippen MR) is 63.1 cm³/mol. The van der Waals surface area contributed by atoms with Crippen molar-refractivity contribution in [2.24, 2.45) is 0 Å². The van der Waals surface area contributed by atoms with Gasteiger partial charge in [-0.2, -0.15) is 5.26 Å². The Morgan fingerprint density at radius 1 is 1.18 bits per heavy atom. The Balaban J connectivity index is 2.35. The Hall–Kier alpha value is -2.67. The zero-order chi connectivity index (χ0) is 11.7. The molecule has 0 atom stereocenters. The smallest absolute Gasteiger partial charge is 0.166 e. The van der Waals surface area contributed by atoms with Crippen molar-refractivity contribution in [3.63, 3.8) is 0 Å². The van der Waals surface area contributed by atoms with E-state index in [4.69, 9.17) is 5.26 Å². The van der Waals surface area contributed by atoms with Gasteiger partial charge >= 0.3 is 0 Å². The van der Waals surface area contributed by atoms with Gasteiger partial charge in [-0.25, -0.2) is 4.98 Å². The molecular weight excluding hydrogens is 212 g/mol. The lowest BCUT2D eigenvalue weighted by atomic mass is 10.3. The summed E-state index contributed by atoms with van der Waals surface area (Å²) in [5, 5.41) is 9.05. The van der Waals surface area contributed by atoms with Gasteiger partial charge in [-0.05, 0) is 24.3 Å². The number of hydrogen-bond donors (Lipinski definition) is 0. The van der Waals surface area contributed by atoms with Gasteiger partial charge in [-0.15, -0.1) is 0 Å². The van der Waals surface area contributed by atoms with Gasteiger partial charge in [0.2, 0.25) is 0 Å². The first-order chi connectivity index (χ1) is 8.40. The molecule has 4 nitrogen and oxygen atoms in total. The van der Waals surface area contributed by atoms with Crippen molar-refractivity contribution in [1.82, 2.24) is 14.4 Å². The lowest BCUT2D eigenvalue weighted by Crippen LogP contribution is -1.88. The molecule has 17 heavy (non-hydrogen) atoms. The number of imidazole rings is 1. The molecule has 0 fully saturated rings. The van der Waals surface area contributed by atoms with E-state index in [0.29, 0.717) is 5.69 Å². The van der Waals surface area contributed by atoms with E-state index >= 15 is 0 Å². The van der Waals surface area contributed by atoms with E-state index in [-0.39, 0.29) is 0 Å².